The van der Waals surface area contributed by atoms with Crippen molar-refractivity contribution in [2.24, 2.45) is 5.73 Å². The molecule has 1 aromatic carbocycles. The summed E-state index contributed by atoms with van der Waals surface area (Å²) in [6.45, 7) is 4.29. The summed E-state index contributed by atoms with van der Waals surface area (Å²) >= 11 is 0. The van der Waals surface area contributed by atoms with E-state index in [1.54, 1.807) is 0 Å². The average molecular weight is 287 g/mol. The summed E-state index contributed by atoms with van der Waals surface area (Å²) in [6, 6.07) is 7.41. The van der Waals surface area contributed by atoms with Crippen molar-refractivity contribution in [3.8, 4) is 0 Å². The summed E-state index contributed by atoms with van der Waals surface area (Å²) in [6.07, 6.45) is 7.99. The highest BCUT2D eigenvalue weighted by Gasteiger charge is 2.22. The summed E-state index contributed by atoms with van der Waals surface area (Å²) in [5.74, 6) is 0. The molecule has 2 N–H and O–H groups in total. The third-order valence-electron chi connectivity index (χ3n) is 5.17. The van der Waals surface area contributed by atoms with E-state index in [1.807, 2.05) is 0 Å². The second-order valence-electron chi connectivity index (χ2n) is 6.61. The Labute approximate surface area is 129 Å². The van der Waals surface area contributed by atoms with Crippen LogP contribution < -0.4 is 10.6 Å². The van der Waals surface area contributed by atoms with E-state index >= 15 is 0 Å². The minimum atomic E-state index is 0.402. The molecule has 3 rings (SSSR count). The Morgan fingerprint density at radius 3 is 2.48 bits per heavy atom. The van der Waals surface area contributed by atoms with E-state index < -0.39 is 0 Å². The molecule has 1 atom stereocenters. The van der Waals surface area contributed by atoms with Crippen molar-refractivity contribution in [3.63, 3.8) is 0 Å². The second-order valence-corrected chi connectivity index (χ2v) is 6.61. The first-order valence-electron chi connectivity index (χ1n) is 8.57. The van der Waals surface area contributed by atoms with Gasteiger partial charge < -0.3 is 10.6 Å². The van der Waals surface area contributed by atoms with Crippen LogP contribution in [0.15, 0.2) is 18.2 Å². The number of anilines is 1. The van der Waals surface area contributed by atoms with Gasteiger partial charge in [0.2, 0.25) is 0 Å². The lowest BCUT2D eigenvalue weighted by molar-refractivity contribution is 0.183. The van der Waals surface area contributed by atoms with E-state index in [9.17, 15) is 0 Å². The number of benzene rings is 1. The van der Waals surface area contributed by atoms with Crippen LogP contribution in [-0.2, 0) is 6.42 Å². The van der Waals surface area contributed by atoms with Gasteiger partial charge in [-0.05, 0) is 49.5 Å². The number of likely N-dealkylation sites (tertiary alicyclic amines) is 1. The molecule has 3 nitrogen and oxygen atoms in total. The van der Waals surface area contributed by atoms with Crippen LogP contribution in [0.4, 0.5) is 5.69 Å². The Balaban J connectivity index is 1.79. The molecule has 3 heteroatoms. The van der Waals surface area contributed by atoms with Crippen LogP contribution in [0, 0.1) is 0 Å². The van der Waals surface area contributed by atoms with Gasteiger partial charge in [0.25, 0.3) is 0 Å². The average Bonchev–Trinajstić information content (AvgIpc) is 2.83. The third kappa shape index (κ3) is 3.24. The summed E-state index contributed by atoms with van der Waals surface area (Å²) < 4.78 is 0. The minimum absolute atomic E-state index is 0.402. The van der Waals surface area contributed by atoms with Crippen LogP contribution in [0.3, 0.4) is 0 Å². The predicted molar refractivity (Wildman–Crippen MR) is 89.9 cm³/mol. The van der Waals surface area contributed by atoms with E-state index in [-0.39, 0.29) is 0 Å². The molecule has 2 aliphatic rings. The van der Waals surface area contributed by atoms with E-state index in [4.69, 9.17) is 5.73 Å². The molecule has 2 heterocycles. The highest BCUT2D eigenvalue weighted by molar-refractivity contribution is 5.58. The fourth-order valence-corrected chi connectivity index (χ4v) is 3.87. The lowest BCUT2D eigenvalue weighted by atomic mass is 9.99. The normalized spacial score (nSPS) is 21.7. The molecule has 0 aliphatic carbocycles. The number of nitrogens with two attached hydrogens (primary N) is 1. The van der Waals surface area contributed by atoms with Gasteiger partial charge in [0.1, 0.15) is 0 Å². The van der Waals surface area contributed by atoms with Crippen LogP contribution in [0.5, 0.6) is 0 Å². The quantitative estimate of drug-likeness (QED) is 0.928. The first-order valence-corrected chi connectivity index (χ1v) is 8.57. The summed E-state index contributed by atoms with van der Waals surface area (Å²) in [5.41, 5.74) is 10.5. The third-order valence-corrected chi connectivity index (χ3v) is 5.17. The second kappa shape index (κ2) is 6.80. The molecule has 0 amide bonds. The molecule has 1 aromatic rings. The van der Waals surface area contributed by atoms with Gasteiger partial charge in [-0.25, -0.2) is 0 Å². The number of hydrogen-bond acceptors (Lipinski definition) is 3. The van der Waals surface area contributed by atoms with Gasteiger partial charge in [-0.15, -0.1) is 0 Å². The van der Waals surface area contributed by atoms with Crippen molar-refractivity contribution >= 4 is 5.69 Å². The SMILES string of the molecule is CN1CCc2cc(C(CN)N3CCCCCCC3)ccc21. The largest absolute Gasteiger partial charge is 0.374 e. The van der Waals surface area contributed by atoms with Crippen LogP contribution in [0.25, 0.3) is 0 Å². The number of hydrogen-bond donors (Lipinski definition) is 1. The zero-order valence-electron chi connectivity index (χ0n) is 13.4. The van der Waals surface area contributed by atoms with Gasteiger partial charge in [-0.1, -0.05) is 31.4 Å². The summed E-state index contributed by atoms with van der Waals surface area (Å²) in [7, 11) is 2.18. The van der Waals surface area contributed by atoms with Crippen LogP contribution in [0.2, 0.25) is 0 Å². The lowest BCUT2D eigenvalue weighted by Gasteiger charge is -2.33. The molecular weight excluding hydrogens is 258 g/mol. The topological polar surface area (TPSA) is 32.5 Å². The molecule has 0 spiro atoms. The Morgan fingerprint density at radius 1 is 1.05 bits per heavy atom. The molecule has 0 radical (unpaired) electrons. The Hall–Kier alpha value is -1.06. The Bertz CT molecular complexity index is 464. The van der Waals surface area contributed by atoms with E-state index in [2.05, 4.69) is 35.0 Å². The maximum absolute atomic E-state index is 6.15. The van der Waals surface area contributed by atoms with Gasteiger partial charge in [-0.3, -0.25) is 4.90 Å². The number of likely N-dealkylation sites (N-methyl/N-ethyl adjacent to an activating group) is 1. The van der Waals surface area contributed by atoms with E-state index in [0.29, 0.717) is 6.04 Å². The molecule has 1 fully saturated rings. The zero-order chi connectivity index (χ0) is 14.7. The maximum atomic E-state index is 6.15. The van der Waals surface area contributed by atoms with Crippen molar-refractivity contribution in [3.05, 3.63) is 29.3 Å². The van der Waals surface area contributed by atoms with Gasteiger partial charge in [0, 0.05) is 31.9 Å². The van der Waals surface area contributed by atoms with Gasteiger partial charge in [-0.2, -0.15) is 0 Å². The van der Waals surface area contributed by atoms with Gasteiger partial charge >= 0.3 is 0 Å². The predicted octanol–water partition coefficient (Wildman–Crippen LogP) is 2.94. The molecule has 2 aliphatic heterocycles. The van der Waals surface area contributed by atoms with E-state index in [0.717, 1.165) is 13.1 Å². The maximum Gasteiger partial charge on any atom is 0.0470 e. The lowest BCUT2D eigenvalue weighted by Crippen LogP contribution is -2.36. The van der Waals surface area contributed by atoms with Crippen LogP contribution in [-0.4, -0.2) is 38.1 Å². The monoisotopic (exact) mass is 287 g/mol. The summed E-state index contributed by atoms with van der Waals surface area (Å²) in [4.78, 5) is 4.98. The first kappa shape index (κ1) is 14.9. The molecule has 0 bridgehead atoms. The highest BCUT2D eigenvalue weighted by atomic mass is 15.2. The van der Waals surface area contributed by atoms with Crippen molar-refractivity contribution in [2.45, 2.75) is 44.6 Å². The molecule has 116 valence electrons. The minimum Gasteiger partial charge on any atom is -0.374 e. The Kier molecular flexibility index (Phi) is 4.81. The van der Waals surface area contributed by atoms with Crippen molar-refractivity contribution in [1.29, 1.82) is 0 Å². The Morgan fingerprint density at radius 2 is 1.76 bits per heavy atom. The molecule has 1 unspecified atom stereocenters. The molecule has 0 saturated carbocycles. The van der Waals surface area contributed by atoms with Crippen LogP contribution >= 0.6 is 0 Å². The van der Waals surface area contributed by atoms with Gasteiger partial charge in [0.05, 0.1) is 0 Å². The fraction of sp³-hybridized carbons (Fsp3) is 0.667. The van der Waals surface area contributed by atoms with Crippen LogP contribution in [0.1, 0.15) is 49.3 Å². The smallest absolute Gasteiger partial charge is 0.0470 e. The highest BCUT2D eigenvalue weighted by Crippen LogP contribution is 2.31. The number of nitrogens with zero attached hydrogens (tertiary/aromatic N) is 2. The van der Waals surface area contributed by atoms with Crippen molar-refractivity contribution < 1.29 is 0 Å². The van der Waals surface area contributed by atoms with Crippen molar-refractivity contribution in [2.75, 3.05) is 38.1 Å². The molecule has 0 aromatic heterocycles. The van der Waals surface area contributed by atoms with Gasteiger partial charge in [0.15, 0.2) is 0 Å². The standard InChI is InChI=1S/C18H29N3/c1-20-12-9-16-13-15(7-8-17(16)20)18(14-19)21-10-5-3-2-4-6-11-21/h7-8,13,18H,2-6,9-12,14,19H2,1H3. The molecule has 1 saturated heterocycles. The van der Waals surface area contributed by atoms with E-state index in [1.165, 1.54) is 68.4 Å². The van der Waals surface area contributed by atoms with Crippen molar-refractivity contribution in [1.82, 2.24) is 4.90 Å². The zero-order valence-corrected chi connectivity index (χ0v) is 13.4. The first-order chi connectivity index (χ1) is 10.3. The fourth-order valence-electron chi connectivity index (χ4n) is 3.87. The number of fused-ring (bicyclic) bond motifs is 1. The summed E-state index contributed by atoms with van der Waals surface area (Å²) in [5, 5.41) is 0. The molecule has 21 heavy (non-hydrogen) atoms. The molecular formula is C18H29N3. The number of rotatable bonds is 3.